The van der Waals surface area contributed by atoms with Gasteiger partial charge in [-0.25, -0.2) is 0 Å². The molecular formula is C18H15N3O. The lowest BCUT2D eigenvalue weighted by Gasteiger charge is -2.06. The van der Waals surface area contributed by atoms with E-state index in [1.807, 2.05) is 60.8 Å². The summed E-state index contributed by atoms with van der Waals surface area (Å²) in [5.41, 5.74) is 9.81. The van der Waals surface area contributed by atoms with E-state index in [0.717, 1.165) is 22.6 Å². The minimum Gasteiger partial charge on any atom is -0.497 e. The van der Waals surface area contributed by atoms with Crippen LogP contribution in [0.25, 0.3) is 16.8 Å². The third-order valence-corrected chi connectivity index (χ3v) is 3.59. The lowest BCUT2D eigenvalue weighted by molar-refractivity contribution is 0.415. The summed E-state index contributed by atoms with van der Waals surface area (Å²) in [4.78, 5) is 0. The summed E-state index contributed by atoms with van der Waals surface area (Å²) in [7, 11) is 1.62. The maximum Gasteiger partial charge on any atom is 0.148 e. The summed E-state index contributed by atoms with van der Waals surface area (Å²) in [6, 6.07) is 19.5. The van der Waals surface area contributed by atoms with Crippen LogP contribution in [0.15, 0.2) is 60.8 Å². The average molecular weight is 289 g/mol. The number of hydrogen-bond donors (Lipinski definition) is 1. The molecule has 0 spiro atoms. The van der Waals surface area contributed by atoms with Gasteiger partial charge in [0.05, 0.1) is 12.8 Å². The highest BCUT2D eigenvalue weighted by atomic mass is 16.5. The van der Waals surface area contributed by atoms with Crippen molar-refractivity contribution < 1.29 is 4.74 Å². The first-order chi connectivity index (χ1) is 10.7. The second-order valence-corrected chi connectivity index (χ2v) is 4.85. The van der Waals surface area contributed by atoms with Gasteiger partial charge in [0.2, 0.25) is 0 Å². The minimum atomic E-state index is 0.434. The molecule has 0 radical (unpaired) electrons. The zero-order chi connectivity index (χ0) is 15.5. The molecule has 1 heterocycles. The maximum absolute atomic E-state index is 9.45. The maximum atomic E-state index is 9.45. The summed E-state index contributed by atoms with van der Waals surface area (Å²) in [5, 5.41) is 9.45. The highest BCUT2D eigenvalue weighted by molar-refractivity contribution is 5.81. The van der Waals surface area contributed by atoms with Crippen LogP contribution >= 0.6 is 0 Å². The molecule has 0 unspecified atom stereocenters. The Morgan fingerprint density at radius 2 is 1.73 bits per heavy atom. The van der Waals surface area contributed by atoms with Crippen molar-refractivity contribution in [2.24, 2.45) is 0 Å². The molecule has 0 fully saturated rings. The molecule has 0 bridgehead atoms. The molecule has 4 heteroatoms. The number of hydrogen-bond acceptors (Lipinski definition) is 3. The number of nitrogen functional groups attached to an aromatic ring is 1. The predicted octanol–water partition coefficient (Wildman–Crippen LogP) is 3.61. The van der Waals surface area contributed by atoms with Crippen molar-refractivity contribution in [3.63, 3.8) is 0 Å². The van der Waals surface area contributed by atoms with Gasteiger partial charge in [-0.05, 0) is 29.8 Å². The summed E-state index contributed by atoms with van der Waals surface area (Å²) >= 11 is 0. The largest absolute Gasteiger partial charge is 0.497 e. The first-order valence-electron chi connectivity index (χ1n) is 6.85. The van der Waals surface area contributed by atoms with Gasteiger partial charge in [-0.3, -0.25) is 0 Å². The van der Waals surface area contributed by atoms with Crippen molar-refractivity contribution in [1.82, 2.24) is 4.57 Å². The van der Waals surface area contributed by atoms with Gasteiger partial charge in [0.1, 0.15) is 17.5 Å². The first kappa shape index (κ1) is 13.8. The summed E-state index contributed by atoms with van der Waals surface area (Å²) in [6.45, 7) is 0. The van der Waals surface area contributed by atoms with E-state index in [-0.39, 0.29) is 0 Å². The Bertz CT molecular complexity index is 827. The van der Waals surface area contributed by atoms with Gasteiger partial charge in [0.15, 0.2) is 0 Å². The Balaban J connectivity index is 2.14. The van der Waals surface area contributed by atoms with Crippen LogP contribution in [-0.4, -0.2) is 11.7 Å². The average Bonchev–Trinajstić information content (AvgIpc) is 2.92. The molecule has 0 atom stereocenters. The Morgan fingerprint density at radius 1 is 1.05 bits per heavy atom. The monoisotopic (exact) mass is 289 g/mol. The molecule has 1 aromatic heterocycles. The van der Waals surface area contributed by atoms with E-state index in [1.165, 1.54) is 0 Å². The van der Waals surface area contributed by atoms with Gasteiger partial charge < -0.3 is 15.0 Å². The second kappa shape index (κ2) is 5.66. The summed E-state index contributed by atoms with van der Waals surface area (Å²) < 4.78 is 6.96. The molecule has 3 rings (SSSR count). The number of nitrogens with zero attached hydrogens (tertiary/aromatic N) is 2. The van der Waals surface area contributed by atoms with Crippen LogP contribution in [0.2, 0.25) is 0 Å². The van der Waals surface area contributed by atoms with E-state index in [2.05, 4.69) is 6.07 Å². The molecule has 3 aromatic rings. The number of benzene rings is 2. The molecule has 2 N–H and O–H groups in total. The van der Waals surface area contributed by atoms with Crippen molar-refractivity contribution in [2.75, 3.05) is 12.8 Å². The molecule has 0 saturated heterocycles. The van der Waals surface area contributed by atoms with Crippen molar-refractivity contribution in [3.05, 3.63) is 66.5 Å². The van der Waals surface area contributed by atoms with E-state index in [0.29, 0.717) is 11.4 Å². The number of nitriles is 1. The fraction of sp³-hybridized carbons (Fsp3) is 0.0556. The molecule has 0 amide bonds. The normalized spacial score (nSPS) is 10.2. The number of aromatic nitrogens is 1. The van der Waals surface area contributed by atoms with Crippen molar-refractivity contribution in [1.29, 1.82) is 5.26 Å². The fourth-order valence-corrected chi connectivity index (χ4v) is 2.43. The fourth-order valence-electron chi connectivity index (χ4n) is 2.43. The van der Waals surface area contributed by atoms with Crippen LogP contribution in [0.4, 0.5) is 5.69 Å². The van der Waals surface area contributed by atoms with E-state index < -0.39 is 0 Å². The summed E-state index contributed by atoms with van der Waals surface area (Å²) in [5.74, 6) is 0.769. The van der Waals surface area contributed by atoms with Gasteiger partial charge in [-0.2, -0.15) is 5.26 Å². The quantitative estimate of drug-likeness (QED) is 0.801. The third-order valence-electron chi connectivity index (χ3n) is 3.59. The number of anilines is 1. The zero-order valence-corrected chi connectivity index (χ0v) is 12.2. The molecule has 2 aromatic carbocycles. The van der Waals surface area contributed by atoms with E-state index >= 15 is 0 Å². The SMILES string of the molecule is COc1ccc(-n2cc(-c3ccccc3)c(N)c2C#N)cc1. The van der Waals surface area contributed by atoms with Gasteiger partial charge in [-0.1, -0.05) is 30.3 Å². The minimum absolute atomic E-state index is 0.434. The Morgan fingerprint density at radius 3 is 2.32 bits per heavy atom. The van der Waals surface area contributed by atoms with Gasteiger partial charge in [0.25, 0.3) is 0 Å². The highest BCUT2D eigenvalue weighted by Crippen LogP contribution is 2.32. The van der Waals surface area contributed by atoms with Gasteiger partial charge in [-0.15, -0.1) is 0 Å². The van der Waals surface area contributed by atoms with Gasteiger partial charge in [0, 0.05) is 17.4 Å². The molecule has 4 nitrogen and oxygen atoms in total. The van der Waals surface area contributed by atoms with Crippen LogP contribution in [0.1, 0.15) is 5.69 Å². The molecule has 0 aliphatic heterocycles. The number of ether oxygens (including phenoxy) is 1. The smallest absolute Gasteiger partial charge is 0.148 e. The van der Waals surface area contributed by atoms with Crippen molar-refractivity contribution in [2.45, 2.75) is 0 Å². The van der Waals surface area contributed by atoms with Crippen molar-refractivity contribution in [3.8, 4) is 28.6 Å². The molecule has 108 valence electrons. The molecular weight excluding hydrogens is 274 g/mol. The molecule has 0 aliphatic carbocycles. The van der Waals surface area contributed by atoms with Crippen LogP contribution in [-0.2, 0) is 0 Å². The lowest BCUT2D eigenvalue weighted by Crippen LogP contribution is -1.97. The predicted molar refractivity (Wildman–Crippen MR) is 86.9 cm³/mol. The van der Waals surface area contributed by atoms with Crippen LogP contribution in [0.3, 0.4) is 0 Å². The van der Waals surface area contributed by atoms with E-state index in [1.54, 1.807) is 11.7 Å². The first-order valence-corrected chi connectivity index (χ1v) is 6.85. The van der Waals surface area contributed by atoms with Gasteiger partial charge >= 0.3 is 0 Å². The standard InChI is InChI=1S/C18H15N3O/c1-22-15-9-7-14(8-10-15)21-12-16(18(20)17(21)11-19)13-5-3-2-4-6-13/h2-10,12H,20H2,1H3. The Hall–Kier alpha value is -3.19. The van der Waals surface area contributed by atoms with Crippen LogP contribution in [0, 0.1) is 11.3 Å². The second-order valence-electron chi connectivity index (χ2n) is 4.85. The Kier molecular flexibility index (Phi) is 3.55. The van der Waals surface area contributed by atoms with Crippen LogP contribution < -0.4 is 10.5 Å². The molecule has 0 aliphatic rings. The Labute approximate surface area is 129 Å². The third kappa shape index (κ3) is 2.29. The van der Waals surface area contributed by atoms with E-state index in [4.69, 9.17) is 10.5 Å². The summed E-state index contributed by atoms with van der Waals surface area (Å²) in [6.07, 6.45) is 1.89. The molecule has 0 saturated carbocycles. The number of nitrogens with two attached hydrogens (primary N) is 1. The number of rotatable bonds is 3. The highest BCUT2D eigenvalue weighted by Gasteiger charge is 2.15. The molecule has 22 heavy (non-hydrogen) atoms. The lowest BCUT2D eigenvalue weighted by atomic mass is 10.1. The van der Waals surface area contributed by atoms with E-state index in [9.17, 15) is 5.26 Å². The van der Waals surface area contributed by atoms with Crippen LogP contribution in [0.5, 0.6) is 5.75 Å². The van der Waals surface area contributed by atoms with Crippen molar-refractivity contribution >= 4 is 5.69 Å². The number of methoxy groups -OCH3 is 1. The topological polar surface area (TPSA) is 64.0 Å². The zero-order valence-electron chi connectivity index (χ0n) is 12.2.